The van der Waals surface area contributed by atoms with Gasteiger partial charge in [0, 0.05) is 12.8 Å². The number of Topliss-reactive ketones (excluding diaryl/α,β-unsaturated/α-hetero) is 2. The van der Waals surface area contributed by atoms with Crippen LogP contribution >= 0.6 is 0 Å². The van der Waals surface area contributed by atoms with Crippen molar-refractivity contribution in [2.45, 2.75) is 39.5 Å². The lowest BCUT2D eigenvalue weighted by Gasteiger charge is -2.21. The first-order valence-electron chi connectivity index (χ1n) is 4.24. The van der Waals surface area contributed by atoms with Gasteiger partial charge < -0.3 is 0 Å². The van der Waals surface area contributed by atoms with Crippen LogP contribution in [0, 0.1) is 5.41 Å². The van der Waals surface area contributed by atoms with Crippen LogP contribution in [-0.4, -0.2) is 11.6 Å². The van der Waals surface area contributed by atoms with Crippen LogP contribution < -0.4 is 0 Å². The summed E-state index contributed by atoms with van der Waals surface area (Å²) in [4.78, 5) is 22.7. The molecule has 2 heteroatoms. The SMILES string of the molecule is CCC1(CC)C(=O)CCC1=O. The maximum Gasteiger partial charge on any atom is 0.146 e. The second kappa shape index (κ2) is 2.76. The Morgan fingerprint density at radius 1 is 1.09 bits per heavy atom. The first-order valence-corrected chi connectivity index (χ1v) is 4.24. The molecule has 2 nitrogen and oxygen atoms in total. The van der Waals surface area contributed by atoms with Gasteiger partial charge in [-0.05, 0) is 12.8 Å². The molecule has 0 heterocycles. The van der Waals surface area contributed by atoms with Crippen molar-refractivity contribution in [2.24, 2.45) is 5.41 Å². The van der Waals surface area contributed by atoms with Crippen LogP contribution in [0.25, 0.3) is 0 Å². The van der Waals surface area contributed by atoms with Crippen molar-refractivity contribution in [1.82, 2.24) is 0 Å². The molecule has 0 atom stereocenters. The smallest absolute Gasteiger partial charge is 0.146 e. The van der Waals surface area contributed by atoms with Gasteiger partial charge in [0.1, 0.15) is 11.6 Å². The lowest BCUT2D eigenvalue weighted by atomic mass is 9.79. The van der Waals surface area contributed by atoms with Gasteiger partial charge in [-0.3, -0.25) is 9.59 Å². The maximum atomic E-state index is 11.3. The fourth-order valence-electron chi connectivity index (χ4n) is 1.90. The highest BCUT2D eigenvalue weighted by Gasteiger charge is 2.45. The molecule has 0 N–H and O–H groups in total. The summed E-state index contributed by atoms with van der Waals surface area (Å²) < 4.78 is 0. The molecule has 0 aromatic heterocycles. The van der Waals surface area contributed by atoms with Gasteiger partial charge in [0.05, 0.1) is 5.41 Å². The van der Waals surface area contributed by atoms with E-state index < -0.39 is 5.41 Å². The first kappa shape index (κ1) is 8.44. The van der Waals surface area contributed by atoms with E-state index in [1.54, 1.807) is 0 Å². The third-order valence-corrected chi connectivity index (χ3v) is 2.85. The third-order valence-electron chi connectivity index (χ3n) is 2.85. The summed E-state index contributed by atoms with van der Waals surface area (Å²) in [5.41, 5.74) is -0.583. The molecule has 1 fully saturated rings. The highest BCUT2D eigenvalue weighted by molar-refractivity contribution is 6.12. The lowest BCUT2D eigenvalue weighted by molar-refractivity contribution is -0.135. The average molecular weight is 154 g/mol. The minimum atomic E-state index is -0.583. The van der Waals surface area contributed by atoms with Gasteiger partial charge in [0.15, 0.2) is 0 Å². The van der Waals surface area contributed by atoms with E-state index in [-0.39, 0.29) is 11.6 Å². The molecule has 62 valence electrons. The molecule has 1 saturated carbocycles. The van der Waals surface area contributed by atoms with Crippen molar-refractivity contribution in [1.29, 1.82) is 0 Å². The van der Waals surface area contributed by atoms with E-state index in [9.17, 15) is 9.59 Å². The van der Waals surface area contributed by atoms with Gasteiger partial charge in [0.2, 0.25) is 0 Å². The summed E-state index contributed by atoms with van der Waals surface area (Å²) in [6, 6.07) is 0. The molecule has 0 spiro atoms. The second-order valence-corrected chi connectivity index (χ2v) is 3.14. The largest absolute Gasteiger partial charge is 0.299 e. The molecular weight excluding hydrogens is 140 g/mol. The molecule has 11 heavy (non-hydrogen) atoms. The number of hydrogen-bond donors (Lipinski definition) is 0. The van der Waals surface area contributed by atoms with Crippen molar-refractivity contribution >= 4 is 11.6 Å². The topological polar surface area (TPSA) is 34.1 Å². The number of hydrogen-bond acceptors (Lipinski definition) is 2. The number of rotatable bonds is 2. The molecular formula is C9H14O2. The fraction of sp³-hybridized carbons (Fsp3) is 0.778. The number of ketones is 2. The highest BCUT2D eigenvalue weighted by atomic mass is 16.2. The summed E-state index contributed by atoms with van der Waals surface area (Å²) in [7, 11) is 0. The number of carbonyl (C=O) groups is 2. The summed E-state index contributed by atoms with van der Waals surface area (Å²) in [6.45, 7) is 3.84. The van der Waals surface area contributed by atoms with Gasteiger partial charge in [0.25, 0.3) is 0 Å². The molecule has 0 saturated heterocycles. The van der Waals surface area contributed by atoms with Gasteiger partial charge in [-0.25, -0.2) is 0 Å². The van der Waals surface area contributed by atoms with Crippen molar-refractivity contribution in [3.05, 3.63) is 0 Å². The summed E-state index contributed by atoms with van der Waals surface area (Å²) in [6.07, 6.45) is 2.31. The molecule has 0 amide bonds. The van der Waals surface area contributed by atoms with E-state index >= 15 is 0 Å². The van der Waals surface area contributed by atoms with Crippen LogP contribution in [-0.2, 0) is 9.59 Å². The molecule has 0 bridgehead atoms. The minimum Gasteiger partial charge on any atom is -0.299 e. The van der Waals surface area contributed by atoms with Gasteiger partial charge in [-0.1, -0.05) is 13.8 Å². The Hall–Kier alpha value is -0.660. The predicted octanol–water partition coefficient (Wildman–Crippen LogP) is 1.72. The molecule has 0 aromatic carbocycles. The van der Waals surface area contributed by atoms with Crippen molar-refractivity contribution in [3.63, 3.8) is 0 Å². The Bertz CT molecular complexity index is 172. The van der Waals surface area contributed by atoms with Crippen molar-refractivity contribution in [2.75, 3.05) is 0 Å². The minimum absolute atomic E-state index is 0.160. The van der Waals surface area contributed by atoms with E-state index in [0.717, 1.165) is 0 Å². The molecule has 0 unspecified atom stereocenters. The normalized spacial score (nSPS) is 22.7. The van der Waals surface area contributed by atoms with E-state index in [1.807, 2.05) is 13.8 Å². The molecule has 1 rings (SSSR count). The lowest BCUT2D eigenvalue weighted by Crippen LogP contribution is -2.31. The highest BCUT2D eigenvalue weighted by Crippen LogP contribution is 2.37. The Labute approximate surface area is 67.0 Å². The third kappa shape index (κ3) is 1.01. The predicted molar refractivity (Wildman–Crippen MR) is 42.3 cm³/mol. The van der Waals surface area contributed by atoms with Gasteiger partial charge in [-0.2, -0.15) is 0 Å². The second-order valence-electron chi connectivity index (χ2n) is 3.14. The van der Waals surface area contributed by atoms with Crippen LogP contribution in [0.4, 0.5) is 0 Å². The van der Waals surface area contributed by atoms with Crippen LogP contribution in [0.3, 0.4) is 0 Å². The molecule has 0 aromatic rings. The van der Waals surface area contributed by atoms with Crippen molar-refractivity contribution < 1.29 is 9.59 Å². The number of carbonyl (C=O) groups excluding carboxylic acids is 2. The zero-order chi connectivity index (χ0) is 8.48. The summed E-state index contributed by atoms with van der Waals surface area (Å²) >= 11 is 0. The molecule has 1 aliphatic rings. The van der Waals surface area contributed by atoms with E-state index in [0.29, 0.717) is 25.7 Å². The zero-order valence-electron chi connectivity index (χ0n) is 7.14. The van der Waals surface area contributed by atoms with E-state index in [4.69, 9.17) is 0 Å². The van der Waals surface area contributed by atoms with Crippen LogP contribution in [0.1, 0.15) is 39.5 Å². The maximum absolute atomic E-state index is 11.3. The summed E-state index contributed by atoms with van der Waals surface area (Å²) in [5.74, 6) is 0.319. The van der Waals surface area contributed by atoms with Crippen molar-refractivity contribution in [3.8, 4) is 0 Å². The van der Waals surface area contributed by atoms with E-state index in [1.165, 1.54) is 0 Å². The van der Waals surface area contributed by atoms with Crippen LogP contribution in [0.5, 0.6) is 0 Å². The van der Waals surface area contributed by atoms with Crippen LogP contribution in [0.2, 0.25) is 0 Å². The van der Waals surface area contributed by atoms with Gasteiger partial charge >= 0.3 is 0 Å². The monoisotopic (exact) mass is 154 g/mol. The van der Waals surface area contributed by atoms with Gasteiger partial charge in [-0.15, -0.1) is 0 Å². The first-order chi connectivity index (χ1) is 5.17. The van der Waals surface area contributed by atoms with E-state index in [2.05, 4.69) is 0 Å². The Kier molecular flexibility index (Phi) is 2.12. The Balaban J connectivity index is 2.94. The quantitative estimate of drug-likeness (QED) is 0.567. The molecule has 1 aliphatic carbocycles. The fourth-order valence-corrected chi connectivity index (χ4v) is 1.90. The average Bonchev–Trinajstić information content (AvgIpc) is 2.29. The zero-order valence-corrected chi connectivity index (χ0v) is 7.14. The summed E-state index contributed by atoms with van der Waals surface area (Å²) in [5, 5.41) is 0. The van der Waals surface area contributed by atoms with Crippen LogP contribution in [0.15, 0.2) is 0 Å². The Morgan fingerprint density at radius 2 is 1.45 bits per heavy atom. The Morgan fingerprint density at radius 3 is 1.64 bits per heavy atom. The molecule has 0 aliphatic heterocycles. The standard InChI is InChI=1S/C9H14O2/c1-3-9(4-2)7(10)5-6-8(9)11/h3-6H2,1-2H3. The molecule has 0 radical (unpaired) electrons.